The third kappa shape index (κ3) is 6.15. The molecular weight excluding hydrogens is 446 g/mol. The molecule has 5 aromatic rings. The normalized spacial score (nSPS) is 11.3. The monoisotopic (exact) mass is 477 g/mol. The highest BCUT2D eigenvalue weighted by atomic mass is 15.1. The van der Waals surface area contributed by atoms with Crippen molar-refractivity contribution in [2.75, 3.05) is 4.90 Å². The first-order valence-corrected chi connectivity index (χ1v) is 12.7. The second-order valence-electron chi connectivity index (χ2n) is 9.30. The van der Waals surface area contributed by atoms with Gasteiger partial charge in [0, 0.05) is 17.1 Å². The first-order chi connectivity index (χ1) is 18.2. The minimum Gasteiger partial charge on any atom is -0.311 e. The fourth-order valence-electron chi connectivity index (χ4n) is 4.32. The van der Waals surface area contributed by atoms with E-state index in [1.807, 2.05) is 6.07 Å². The summed E-state index contributed by atoms with van der Waals surface area (Å²) in [5.41, 5.74) is 10.7. The topological polar surface area (TPSA) is 3.24 Å². The summed E-state index contributed by atoms with van der Waals surface area (Å²) in [5, 5.41) is 0. The van der Waals surface area contributed by atoms with Crippen molar-refractivity contribution in [3.05, 3.63) is 161 Å². The average Bonchev–Trinajstić information content (AvgIpc) is 2.95. The Morgan fingerprint density at radius 1 is 0.378 bits per heavy atom. The van der Waals surface area contributed by atoms with Gasteiger partial charge in [0.25, 0.3) is 0 Å². The largest absolute Gasteiger partial charge is 0.311 e. The van der Waals surface area contributed by atoms with Crippen molar-refractivity contribution >= 4 is 41.4 Å². The molecule has 0 aliphatic carbocycles. The summed E-state index contributed by atoms with van der Waals surface area (Å²) in [6, 6.07) is 45.0. The molecule has 1 nitrogen and oxygen atoms in total. The van der Waals surface area contributed by atoms with Crippen LogP contribution in [0, 0.1) is 13.8 Å². The number of hydrogen-bond donors (Lipinski definition) is 0. The molecule has 0 radical (unpaired) electrons. The van der Waals surface area contributed by atoms with Gasteiger partial charge in [-0.05, 0) is 72.5 Å². The van der Waals surface area contributed by atoms with Crippen LogP contribution in [0.15, 0.2) is 127 Å². The number of aryl methyl sites for hydroxylation is 2. The van der Waals surface area contributed by atoms with Gasteiger partial charge in [0.1, 0.15) is 0 Å². The number of nitrogens with zero attached hydrogens (tertiary/aromatic N) is 1. The molecule has 37 heavy (non-hydrogen) atoms. The molecule has 180 valence electrons. The Morgan fingerprint density at radius 3 is 1.22 bits per heavy atom. The maximum Gasteiger partial charge on any atom is 0.0462 e. The van der Waals surface area contributed by atoms with E-state index in [-0.39, 0.29) is 0 Å². The predicted octanol–water partition coefficient (Wildman–Crippen LogP) is 10.1. The summed E-state index contributed by atoms with van der Waals surface area (Å²) >= 11 is 0. The second-order valence-corrected chi connectivity index (χ2v) is 9.30. The van der Waals surface area contributed by atoms with E-state index in [4.69, 9.17) is 0 Å². The predicted molar refractivity (Wildman–Crippen MR) is 161 cm³/mol. The molecule has 1 heteroatoms. The van der Waals surface area contributed by atoms with Gasteiger partial charge in [0.2, 0.25) is 0 Å². The van der Waals surface area contributed by atoms with E-state index in [9.17, 15) is 0 Å². The van der Waals surface area contributed by atoms with Crippen molar-refractivity contribution in [3.63, 3.8) is 0 Å². The van der Waals surface area contributed by atoms with Gasteiger partial charge < -0.3 is 4.90 Å². The fourth-order valence-corrected chi connectivity index (χ4v) is 4.32. The zero-order valence-corrected chi connectivity index (χ0v) is 21.4. The molecule has 5 aromatic carbocycles. The highest BCUT2D eigenvalue weighted by molar-refractivity contribution is 5.81. The summed E-state index contributed by atoms with van der Waals surface area (Å²) in [5.74, 6) is 0. The van der Waals surface area contributed by atoms with E-state index in [0.29, 0.717) is 0 Å². The van der Waals surface area contributed by atoms with Gasteiger partial charge in [0.15, 0.2) is 0 Å². The van der Waals surface area contributed by atoms with E-state index in [0.717, 1.165) is 17.1 Å². The number of anilines is 3. The smallest absolute Gasteiger partial charge is 0.0462 e. The minimum atomic E-state index is 1.14. The molecule has 0 amide bonds. The van der Waals surface area contributed by atoms with E-state index >= 15 is 0 Å². The molecule has 0 unspecified atom stereocenters. The van der Waals surface area contributed by atoms with Crippen molar-refractivity contribution in [1.82, 2.24) is 0 Å². The van der Waals surface area contributed by atoms with Crippen molar-refractivity contribution in [2.24, 2.45) is 0 Å². The maximum atomic E-state index is 2.30. The number of benzene rings is 5. The Balaban J connectivity index is 1.40. The molecule has 0 fully saturated rings. The molecule has 0 aliphatic rings. The summed E-state index contributed by atoms with van der Waals surface area (Å²) in [7, 11) is 0. The highest BCUT2D eigenvalue weighted by Crippen LogP contribution is 2.35. The van der Waals surface area contributed by atoms with Crippen LogP contribution in [0.2, 0.25) is 0 Å². The number of hydrogen-bond acceptors (Lipinski definition) is 1. The Labute approximate surface area is 220 Å². The lowest BCUT2D eigenvalue weighted by Gasteiger charge is -2.25. The number of rotatable bonds is 7. The molecule has 0 atom stereocenters. The van der Waals surface area contributed by atoms with Gasteiger partial charge in [-0.25, -0.2) is 0 Å². The van der Waals surface area contributed by atoms with Crippen molar-refractivity contribution in [1.29, 1.82) is 0 Å². The molecule has 0 heterocycles. The van der Waals surface area contributed by atoms with Crippen LogP contribution in [-0.4, -0.2) is 0 Å². The van der Waals surface area contributed by atoms with Gasteiger partial charge in [-0.15, -0.1) is 0 Å². The highest BCUT2D eigenvalue weighted by Gasteiger charge is 2.12. The molecule has 5 rings (SSSR count). The van der Waals surface area contributed by atoms with Gasteiger partial charge >= 0.3 is 0 Å². The maximum absolute atomic E-state index is 2.30. The summed E-state index contributed by atoms with van der Waals surface area (Å²) in [4.78, 5) is 2.30. The van der Waals surface area contributed by atoms with Crippen LogP contribution in [-0.2, 0) is 0 Å². The van der Waals surface area contributed by atoms with Crippen LogP contribution >= 0.6 is 0 Å². The van der Waals surface area contributed by atoms with E-state index < -0.39 is 0 Å². The molecule has 0 spiro atoms. The Bertz CT molecular complexity index is 1450. The summed E-state index contributed by atoms with van der Waals surface area (Å²) in [6.07, 6.45) is 8.71. The molecule has 0 aliphatic heterocycles. The minimum absolute atomic E-state index is 1.14. The van der Waals surface area contributed by atoms with E-state index in [2.05, 4.69) is 164 Å². The summed E-state index contributed by atoms with van der Waals surface area (Å²) < 4.78 is 0. The lowest BCUT2D eigenvalue weighted by molar-refractivity contribution is 1.27. The zero-order valence-electron chi connectivity index (χ0n) is 21.4. The van der Waals surface area contributed by atoms with Gasteiger partial charge in [0.05, 0.1) is 0 Å². The Kier molecular flexibility index (Phi) is 7.43. The molecule has 0 saturated heterocycles. The van der Waals surface area contributed by atoms with Crippen LogP contribution in [0.1, 0.15) is 33.4 Å². The zero-order chi connectivity index (χ0) is 25.5. The van der Waals surface area contributed by atoms with E-state index in [1.54, 1.807) is 0 Å². The van der Waals surface area contributed by atoms with E-state index in [1.165, 1.54) is 33.4 Å². The quantitative estimate of drug-likeness (QED) is 0.211. The molecule has 0 saturated carbocycles. The lowest BCUT2D eigenvalue weighted by Crippen LogP contribution is -2.09. The first-order valence-electron chi connectivity index (χ1n) is 12.7. The van der Waals surface area contributed by atoms with Crippen LogP contribution < -0.4 is 4.90 Å². The molecular formula is C36H31N. The average molecular weight is 478 g/mol. The Hall–Kier alpha value is -4.62. The van der Waals surface area contributed by atoms with Gasteiger partial charge in [-0.3, -0.25) is 0 Å². The molecule has 0 aromatic heterocycles. The van der Waals surface area contributed by atoms with Crippen LogP contribution in [0.25, 0.3) is 24.3 Å². The SMILES string of the molecule is Cc1ccc(N(c2ccc(C)cc2)c2ccc(/C=C/c3ccccc3/C=C/c3ccccc3)cc2)cc1. The Morgan fingerprint density at radius 2 is 0.757 bits per heavy atom. The standard InChI is InChI=1S/C36H31N/c1-28-12-22-34(23-13-28)37(35-24-14-29(2)15-25-35)36-26-18-31(19-27-36)17-21-33-11-7-6-10-32(33)20-16-30-8-4-3-5-9-30/h3-27H,1-2H3/b20-16+,21-17+. The first kappa shape index (κ1) is 24.1. The molecule has 0 N–H and O–H groups in total. The van der Waals surface area contributed by atoms with Crippen molar-refractivity contribution < 1.29 is 0 Å². The van der Waals surface area contributed by atoms with Crippen molar-refractivity contribution in [2.45, 2.75) is 13.8 Å². The van der Waals surface area contributed by atoms with Crippen molar-refractivity contribution in [3.8, 4) is 0 Å². The molecule has 0 bridgehead atoms. The van der Waals surface area contributed by atoms with Crippen LogP contribution in [0.4, 0.5) is 17.1 Å². The lowest BCUT2D eigenvalue weighted by atomic mass is 10.0. The fraction of sp³-hybridized carbons (Fsp3) is 0.0556. The third-order valence-electron chi connectivity index (χ3n) is 6.44. The van der Waals surface area contributed by atoms with Gasteiger partial charge in [-0.1, -0.05) is 126 Å². The van der Waals surface area contributed by atoms with Crippen LogP contribution in [0.5, 0.6) is 0 Å². The second kappa shape index (κ2) is 11.4. The third-order valence-corrected chi connectivity index (χ3v) is 6.44. The van der Waals surface area contributed by atoms with Gasteiger partial charge in [-0.2, -0.15) is 0 Å². The van der Waals surface area contributed by atoms with Crippen LogP contribution in [0.3, 0.4) is 0 Å². The summed E-state index contributed by atoms with van der Waals surface area (Å²) in [6.45, 7) is 4.24.